The van der Waals surface area contributed by atoms with Crippen LogP contribution in [-0.4, -0.2) is 29.4 Å². The molecule has 1 heterocycles. The van der Waals surface area contributed by atoms with Gasteiger partial charge in [-0.05, 0) is 30.4 Å². The number of carbonyl (C=O) groups excluding carboxylic acids is 1. The number of para-hydroxylation sites is 1. The highest BCUT2D eigenvalue weighted by Crippen LogP contribution is 2.34. The first kappa shape index (κ1) is 13.9. The number of aliphatic hydroxyl groups is 1. The van der Waals surface area contributed by atoms with Gasteiger partial charge in [0.05, 0.1) is 19.2 Å². The zero-order chi connectivity index (χ0) is 14.8. The molecule has 0 atom stereocenters. The number of esters is 1. The van der Waals surface area contributed by atoms with Gasteiger partial charge >= 0.3 is 5.97 Å². The maximum Gasteiger partial charge on any atom is 0.354 e. The van der Waals surface area contributed by atoms with E-state index in [-0.39, 0.29) is 12.6 Å². The van der Waals surface area contributed by atoms with Gasteiger partial charge in [-0.2, -0.15) is 0 Å². The Hall–Kier alpha value is -2.07. The lowest BCUT2D eigenvalue weighted by molar-refractivity contribution is 0.0588. The molecule has 1 aliphatic carbocycles. The summed E-state index contributed by atoms with van der Waals surface area (Å²) in [6.45, 7) is 0.849. The second-order valence-corrected chi connectivity index (χ2v) is 5.45. The number of rotatable bonds is 5. The Morgan fingerprint density at radius 1 is 1.48 bits per heavy atom. The highest BCUT2D eigenvalue weighted by atomic mass is 16.5. The van der Waals surface area contributed by atoms with Crippen LogP contribution in [0.2, 0.25) is 0 Å². The van der Waals surface area contributed by atoms with Crippen molar-refractivity contribution >= 4 is 22.9 Å². The number of hydrogen-bond donors (Lipinski definition) is 1. The van der Waals surface area contributed by atoms with Crippen molar-refractivity contribution in [2.75, 3.05) is 13.7 Å². The molecule has 0 unspecified atom stereocenters. The summed E-state index contributed by atoms with van der Waals surface area (Å²) in [6.07, 6.45) is 6.04. The van der Waals surface area contributed by atoms with Gasteiger partial charge in [-0.15, -0.1) is 0 Å². The molecule has 0 bridgehead atoms. The van der Waals surface area contributed by atoms with Crippen LogP contribution >= 0.6 is 0 Å². The third-order valence-electron chi connectivity index (χ3n) is 3.89. The number of benzene rings is 1. The van der Waals surface area contributed by atoms with E-state index in [1.54, 1.807) is 6.08 Å². The number of ether oxygens (including phenoxy) is 1. The number of hydrogen-bond acceptors (Lipinski definition) is 3. The second kappa shape index (κ2) is 5.74. The summed E-state index contributed by atoms with van der Waals surface area (Å²) in [5.74, 6) is 0.350. The van der Waals surface area contributed by atoms with E-state index in [1.165, 1.54) is 20.0 Å². The quantitative estimate of drug-likeness (QED) is 0.859. The van der Waals surface area contributed by atoms with Gasteiger partial charge in [0.1, 0.15) is 5.69 Å². The van der Waals surface area contributed by atoms with Crippen molar-refractivity contribution in [3.05, 3.63) is 41.6 Å². The Bertz CT molecular complexity index is 695. The first-order valence-corrected chi connectivity index (χ1v) is 7.22. The molecule has 0 spiro atoms. The molecule has 1 aromatic carbocycles. The number of methoxy groups -OCH3 is 1. The lowest BCUT2D eigenvalue weighted by Gasteiger charge is -2.10. The van der Waals surface area contributed by atoms with Crippen LogP contribution in [0.3, 0.4) is 0 Å². The third kappa shape index (κ3) is 2.72. The van der Waals surface area contributed by atoms with E-state index < -0.39 is 0 Å². The first-order chi connectivity index (χ1) is 10.2. The molecular formula is C17H19NO3. The fraction of sp³-hybridized carbons (Fsp3) is 0.353. The Labute approximate surface area is 123 Å². The summed E-state index contributed by atoms with van der Waals surface area (Å²) in [7, 11) is 1.41. The van der Waals surface area contributed by atoms with E-state index in [0.29, 0.717) is 11.6 Å². The fourth-order valence-electron chi connectivity index (χ4n) is 2.69. The van der Waals surface area contributed by atoms with Crippen LogP contribution in [0.1, 0.15) is 28.9 Å². The first-order valence-electron chi connectivity index (χ1n) is 7.22. The number of aromatic nitrogens is 1. The summed E-state index contributed by atoms with van der Waals surface area (Å²) < 4.78 is 6.98. The normalized spacial score (nSPS) is 15.0. The van der Waals surface area contributed by atoms with Crippen molar-refractivity contribution in [2.24, 2.45) is 5.92 Å². The average Bonchev–Trinajstić information content (AvgIpc) is 3.24. The Morgan fingerprint density at radius 3 is 2.95 bits per heavy atom. The minimum absolute atomic E-state index is 0.00355. The summed E-state index contributed by atoms with van der Waals surface area (Å²) in [5, 5.41) is 10.0. The lowest BCUT2D eigenvalue weighted by Crippen LogP contribution is -2.12. The van der Waals surface area contributed by atoms with E-state index in [4.69, 9.17) is 9.84 Å². The van der Waals surface area contributed by atoms with Crippen molar-refractivity contribution in [3.8, 4) is 0 Å². The van der Waals surface area contributed by atoms with Gasteiger partial charge in [0.15, 0.2) is 0 Å². The van der Waals surface area contributed by atoms with Crippen molar-refractivity contribution in [1.82, 2.24) is 4.57 Å². The Morgan fingerprint density at radius 2 is 2.29 bits per heavy atom. The van der Waals surface area contributed by atoms with Crippen molar-refractivity contribution < 1.29 is 14.6 Å². The van der Waals surface area contributed by atoms with Gasteiger partial charge < -0.3 is 14.4 Å². The van der Waals surface area contributed by atoms with Gasteiger partial charge in [0.25, 0.3) is 0 Å². The van der Waals surface area contributed by atoms with Crippen LogP contribution in [0.5, 0.6) is 0 Å². The molecule has 21 heavy (non-hydrogen) atoms. The van der Waals surface area contributed by atoms with E-state index in [1.807, 2.05) is 30.3 Å². The average molecular weight is 285 g/mol. The van der Waals surface area contributed by atoms with Gasteiger partial charge in [0.2, 0.25) is 0 Å². The van der Waals surface area contributed by atoms with Crippen LogP contribution in [-0.2, 0) is 11.3 Å². The summed E-state index contributed by atoms with van der Waals surface area (Å²) >= 11 is 0. The number of nitrogens with zero attached hydrogens (tertiary/aromatic N) is 1. The van der Waals surface area contributed by atoms with Crippen molar-refractivity contribution in [3.63, 3.8) is 0 Å². The molecule has 4 nitrogen and oxygen atoms in total. The van der Waals surface area contributed by atoms with Crippen LogP contribution in [0.25, 0.3) is 17.0 Å². The molecule has 0 aliphatic heterocycles. The molecule has 1 aromatic heterocycles. The predicted octanol–water partition coefficient (Wildman–Crippen LogP) is 2.84. The minimum Gasteiger partial charge on any atom is -0.464 e. The number of aliphatic hydroxyl groups excluding tert-OH is 1. The van der Waals surface area contributed by atoms with E-state index in [0.717, 1.165) is 23.0 Å². The van der Waals surface area contributed by atoms with E-state index >= 15 is 0 Å². The predicted molar refractivity (Wildman–Crippen MR) is 82.1 cm³/mol. The van der Waals surface area contributed by atoms with Crippen molar-refractivity contribution in [1.29, 1.82) is 0 Å². The van der Waals surface area contributed by atoms with Gasteiger partial charge in [-0.1, -0.05) is 30.4 Å². The Balaban J connectivity index is 2.18. The monoisotopic (exact) mass is 285 g/mol. The molecule has 1 fully saturated rings. The largest absolute Gasteiger partial charge is 0.464 e. The molecule has 0 radical (unpaired) electrons. The number of fused-ring (bicyclic) bond motifs is 1. The second-order valence-electron chi connectivity index (χ2n) is 5.45. The lowest BCUT2D eigenvalue weighted by atomic mass is 10.1. The SMILES string of the molecule is COC(=O)c1cc2cccc(/C=C/CO)c2n1CC1CC1. The van der Waals surface area contributed by atoms with Crippen LogP contribution < -0.4 is 0 Å². The highest BCUT2D eigenvalue weighted by molar-refractivity contribution is 5.98. The topological polar surface area (TPSA) is 51.5 Å². The van der Waals surface area contributed by atoms with Crippen LogP contribution in [0.4, 0.5) is 0 Å². The molecule has 0 saturated heterocycles. The zero-order valence-electron chi connectivity index (χ0n) is 12.1. The summed E-state index contributed by atoms with van der Waals surface area (Å²) in [6, 6.07) is 7.85. The van der Waals surface area contributed by atoms with Gasteiger partial charge in [-0.25, -0.2) is 4.79 Å². The zero-order valence-corrected chi connectivity index (χ0v) is 12.1. The molecule has 110 valence electrons. The maximum absolute atomic E-state index is 12.0. The third-order valence-corrected chi connectivity index (χ3v) is 3.89. The molecule has 4 heteroatoms. The summed E-state index contributed by atoms with van der Waals surface area (Å²) in [5.41, 5.74) is 2.65. The summed E-state index contributed by atoms with van der Waals surface area (Å²) in [4.78, 5) is 12.0. The molecule has 3 rings (SSSR count). The van der Waals surface area contributed by atoms with Gasteiger partial charge in [-0.3, -0.25) is 0 Å². The highest BCUT2D eigenvalue weighted by Gasteiger charge is 2.26. The van der Waals surface area contributed by atoms with Crippen LogP contribution in [0.15, 0.2) is 30.3 Å². The Kier molecular flexibility index (Phi) is 3.80. The molecule has 1 N–H and O–H groups in total. The number of carbonyl (C=O) groups is 1. The molecular weight excluding hydrogens is 266 g/mol. The van der Waals surface area contributed by atoms with Crippen molar-refractivity contribution in [2.45, 2.75) is 19.4 Å². The van der Waals surface area contributed by atoms with Crippen LogP contribution in [0, 0.1) is 5.92 Å². The minimum atomic E-state index is -0.302. The van der Waals surface area contributed by atoms with Gasteiger partial charge in [0, 0.05) is 11.9 Å². The molecule has 2 aromatic rings. The van der Waals surface area contributed by atoms with E-state index in [2.05, 4.69) is 4.57 Å². The smallest absolute Gasteiger partial charge is 0.354 e. The standard InChI is InChI=1S/C17H19NO3/c1-21-17(20)15-10-14-5-2-4-13(6-3-9-19)16(14)18(15)11-12-7-8-12/h2-6,10,12,19H,7-9,11H2,1H3/b6-3+. The maximum atomic E-state index is 12.0. The fourth-order valence-corrected chi connectivity index (χ4v) is 2.69. The molecule has 1 aliphatic rings. The van der Waals surface area contributed by atoms with E-state index in [9.17, 15) is 4.79 Å². The molecule has 0 amide bonds. The molecule has 1 saturated carbocycles.